The Kier molecular flexibility index (Phi) is 6.39. The first-order valence-corrected chi connectivity index (χ1v) is 10.2. The molecule has 0 radical (unpaired) electrons. The van der Waals surface area contributed by atoms with Gasteiger partial charge in [0.2, 0.25) is 0 Å². The topological polar surface area (TPSA) is 79.5 Å². The summed E-state index contributed by atoms with van der Waals surface area (Å²) in [6.45, 7) is 8.47. The molecule has 3 rings (SSSR count). The van der Waals surface area contributed by atoms with E-state index in [0.717, 1.165) is 6.42 Å². The van der Waals surface area contributed by atoms with Crippen molar-refractivity contribution in [3.8, 4) is 11.1 Å². The van der Waals surface area contributed by atoms with Crippen LogP contribution in [0.25, 0.3) is 11.1 Å². The van der Waals surface area contributed by atoms with E-state index in [2.05, 4.69) is 4.98 Å². The van der Waals surface area contributed by atoms with Gasteiger partial charge in [0.15, 0.2) is 0 Å². The van der Waals surface area contributed by atoms with Crippen molar-refractivity contribution in [1.29, 1.82) is 0 Å². The number of amides is 1. The number of ether oxygens (including phenoxy) is 1. The second-order valence-corrected chi connectivity index (χ2v) is 8.06. The van der Waals surface area contributed by atoms with E-state index in [1.165, 1.54) is 18.2 Å². The summed E-state index contributed by atoms with van der Waals surface area (Å²) >= 11 is 0. The molecular formula is C23H27FN2O4. The van der Waals surface area contributed by atoms with Crippen molar-refractivity contribution in [2.75, 3.05) is 19.7 Å². The minimum Gasteiger partial charge on any atom is -0.462 e. The van der Waals surface area contributed by atoms with Crippen LogP contribution >= 0.6 is 0 Å². The average molecular weight is 414 g/mol. The van der Waals surface area contributed by atoms with Crippen LogP contribution in [0.15, 0.2) is 24.3 Å². The summed E-state index contributed by atoms with van der Waals surface area (Å²) in [7, 11) is 0. The molecule has 2 heterocycles. The molecule has 1 aliphatic rings. The second-order valence-electron chi connectivity index (χ2n) is 8.06. The highest BCUT2D eigenvalue weighted by atomic mass is 19.1. The molecule has 0 aliphatic carbocycles. The Bertz CT molecular complexity index is 972. The molecule has 30 heavy (non-hydrogen) atoms. The van der Waals surface area contributed by atoms with E-state index in [4.69, 9.17) is 4.74 Å². The lowest BCUT2D eigenvalue weighted by Gasteiger charge is -2.34. The molecule has 1 aromatic carbocycles. The summed E-state index contributed by atoms with van der Waals surface area (Å²) in [5, 5.41) is 0. The van der Waals surface area contributed by atoms with Gasteiger partial charge in [-0.2, -0.15) is 0 Å². The van der Waals surface area contributed by atoms with Crippen LogP contribution in [0.5, 0.6) is 0 Å². The average Bonchev–Trinajstić information content (AvgIpc) is 3.03. The Balaban J connectivity index is 2.09. The first-order chi connectivity index (χ1) is 14.2. The number of nitrogens with one attached hydrogen (secondary N) is 1. The Morgan fingerprint density at radius 3 is 2.40 bits per heavy atom. The minimum atomic E-state index is -0.784. The molecule has 1 N–H and O–H groups in total. The lowest BCUT2D eigenvalue weighted by Crippen LogP contribution is -2.45. The summed E-state index contributed by atoms with van der Waals surface area (Å²) in [5.74, 6) is -2.12. The maximum atomic E-state index is 14.6. The van der Waals surface area contributed by atoms with Gasteiger partial charge in [0, 0.05) is 29.9 Å². The number of carbonyl (C=O) groups is 3. The van der Waals surface area contributed by atoms with Gasteiger partial charge in [0.25, 0.3) is 11.7 Å². The van der Waals surface area contributed by atoms with Crippen molar-refractivity contribution >= 4 is 17.7 Å². The van der Waals surface area contributed by atoms with Crippen LogP contribution in [0.1, 0.15) is 53.7 Å². The monoisotopic (exact) mass is 414 g/mol. The smallest absolute Gasteiger partial charge is 0.340 e. The number of hydrogen-bond donors (Lipinski definition) is 1. The molecule has 0 spiro atoms. The van der Waals surface area contributed by atoms with Gasteiger partial charge in [-0.05, 0) is 38.2 Å². The van der Waals surface area contributed by atoms with Gasteiger partial charge in [-0.15, -0.1) is 0 Å². The van der Waals surface area contributed by atoms with Gasteiger partial charge in [-0.3, -0.25) is 9.59 Å². The van der Waals surface area contributed by atoms with E-state index < -0.39 is 23.5 Å². The Morgan fingerprint density at radius 1 is 1.17 bits per heavy atom. The van der Waals surface area contributed by atoms with Crippen LogP contribution in [0.4, 0.5) is 4.39 Å². The van der Waals surface area contributed by atoms with Crippen LogP contribution < -0.4 is 0 Å². The van der Waals surface area contributed by atoms with Crippen LogP contribution in [-0.4, -0.2) is 47.2 Å². The largest absolute Gasteiger partial charge is 0.462 e. The number of carbonyl (C=O) groups excluding carboxylic acids is 3. The number of halogens is 1. The third-order valence-electron chi connectivity index (χ3n) is 5.39. The molecule has 2 aromatic rings. The molecule has 0 saturated carbocycles. The van der Waals surface area contributed by atoms with E-state index in [9.17, 15) is 18.8 Å². The highest BCUT2D eigenvalue weighted by Gasteiger charge is 2.35. The van der Waals surface area contributed by atoms with E-state index in [-0.39, 0.29) is 40.8 Å². The fourth-order valence-electron chi connectivity index (χ4n) is 4.27. The Hall–Kier alpha value is -2.96. The highest BCUT2D eigenvalue weighted by Crippen LogP contribution is 2.34. The van der Waals surface area contributed by atoms with E-state index in [0.29, 0.717) is 18.8 Å². The Morgan fingerprint density at radius 2 is 1.80 bits per heavy atom. The molecule has 6 nitrogen and oxygen atoms in total. The fourth-order valence-corrected chi connectivity index (χ4v) is 4.27. The zero-order chi connectivity index (χ0) is 22.0. The third-order valence-corrected chi connectivity index (χ3v) is 5.39. The minimum absolute atomic E-state index is 0.0680. The number of piperidine rings is 1. The summed E-state index contributed by atoms with van der Waals surface area (Å²) in [6, 6.07) is 5.86. The van der Waals surface area contributed by atoms with Crippen molar-refractivity contribution in [1.82, 2.24) is 9.88 Å². The lowest BCUT2D eigenvalue weighted by atomic mass is 9.91. The molecule has 7 heteroatoms. The number of ketones is 1. The summed E-state index contributed by atoms with van der Waals surface area (Å²) in [6.07, 6.45) is 0.993. The van der Waals surface area contributed by atoms with Gasteiger partial charge >= 0.3 is 5.97 Å². The van der Waals surface area contributed by atoms with Crippen molar-refractivity contribution in [2.45, 2.75) is 34.1 Å². The lowest BCUT2D eigenvalue weighted by molar-refractivity contribution is -0.129. The number of aromatic amines is 1. The number of aromatic nitrogens is 1. The van der Waals surface area contributed by atoms with Gasteiger partial charge in [0.1, 0.15) is 11.5 Å². The maximum Gasteiger partial charge on any atom is 0.340 e. The normalized spacial score (nSPS) is 18.9. The highest BCUT2D eigenvalue weighted by molar-refractivity contribution is 6.43. The van der Waals surface area contributed by atoms with Gasteiger partial charge < -0.3 is 14.6 Å². The number of nitrogens with zero attached hydrogens (tertiary/aromatic N) is 1. The van der Waals surface area contributed by atoms with E-state index in [1.807, 2.05) is 13.8 Å². The van der Waals surface area contributed by atoms with E-state index in [1.54, 1.807) is 24.8 Å². The van der Waals surface area contributed by atoms with Crippen LogP contribution in [0, 0.1) is 24.6 Å². The second kappa shape index (κ2) is 8.81. The molecule has 1 aliphatic heterocycles. The third kappa shape index (κ3) is 4.15. The summed E-state index contributed by atoms with van der Waals surface area (Å²) in [4.78, 5) is 43.2. The van der Waals surface area contributed by atoms with Gasteiger partial charge in [-0.1, -0.05) is 32.0 Å². The number of likely N-dealkylation sites (tertiary alicyclic amines) is 1. The quantitative estimate of drug-likeness (QED) is 0.456. The number of Topliss-reactive ketones (excluding diaryl/α,β-unsaturated/α-hetero) is 1. The zero-order valence-electron chi connectivity index (χ0n) is 17.8. The number of benzene rings is 1. The zero-order valence-corrected chi connectivity index (χ0v) is 17.8. The number of aryl methyl sites for hydroxylation is 1. The molecule has 160 valence electrons. The molecule has 1 amide bonds. The standard InChI is InChI=1S/C23H27FN2O4/c1-5-30-23(29)18-15(4)25-20(19(18)16-8-6-7-9-17(16)24)21(27)22(28)26-11-13(2)10-14(3)12-26/h6-9,13-14,25H,5,10-12H2,1-4H3/t13-,14-/m0/s1. The molecule has 1 saturated heterocycles. The van der Waals surface area contributed by atoms with Crippen molar-refractivity contribution in [2.24, 2.45) is 11.8 Å². The molecule has 1 fully saturated rings. The number of rotatable bonds is 5. The summed E-state index contributed by atoms with van der Waals surface area (Å²) in [5.41, 5.74) is 0.472. The van der Waals surface area contributed by atoms with Gasteiger partial charge in [-0.25, -0.2) is 9.18 Å². The molecule has 2 atom stereocenters. The van der Waals surface area contributed by atoms with Crippen LogP contribution in [0.3, 0.4) is 0 Å². The Labute approximate surface area is 175 Å². The van der Waals surface area contributed by atoms with Crippen molar-refractivity contribution < 1.29 is 23.5 Å². The number of hydrogen-bond acceptors (Lipinski definition) is 4. The predicted octanol–water partition coefficient (Wildman–Crippen LogP) is 3.99. The first-order valence-electron chi connectivity index (χ1n) is 10.2. The maximum absolute atomic E-state index is 14.6. The van der Waals surface area contributed by atoms with Crippen LogP contribution in [0.2, 0.25) is 0 Å². The summed E-state index contributed by atoms with van der Waals surface area (Å²) < 4.78 is 19.8. The SMILES string of the molecule is CCOC(=O)c1c(C)[nH]c(C(=O)C(=O)N2C[C@@H](C)C[C@H](C)C2)c1-c1ccccc1F. The van der Waals surface area contributed by atoms with Gasteiger partial charge in [0.05, 0.1) is 12.2 Å². The molecule has 1 aromatic heterocycles. The predicted molar refractivity (Wildman–Crippen MR) is 111 cm³/mol. The number of H-pyrrole nitrogens is 1. The first kappa shape index (κ1) is 21.7. The van der Waals surface area contributed by atoms with E-state index >= 15 is 0 Å². The number of esters is 1. The van der Waals surface area contributed by atoms with Crippen molar-refractivity contribution in [3.05, 3.63) is 47.0 Å². The fraction of sp³-hybridized carbons (Fsp3) is 0.435. The molecular weight excluding hydrogens is 387 g/mol. The van der Waals surface area contributed by atoms with Crippen LogP contribution in [-0.2, 0) is 9.53 Å². The molecule has 0 bridgehead atoms. The molecule has 0 unspecified atom stereocenters. The van der Waals surface area contributed by atoms with Crippen molar-refractivity contribution in [3.63, 3.8) is 0 Å².